The second-order valence-electron chi connectivity index (χ2n) is 15.6. The molecule has 1 aliphatic rings. The fraction of sp³-hybridized carbons (Fsp3) is 0.930. The van der Waals surface area contributed by atoms with Gasteiger partial charge in [0.1, 0.15) is 30.5 Å². The number of unbranched alkanes of at least 4 members (excludes halogenated alkanes) is 25. The zero-order valence-corrected chi connectivity index (χ0v) is 33.9. The molecule has 1 amide bonds. The molecular formula is C43H83NO9. The van der Waals surface area contributed by atoms with Gasteiger partial charge in [0.15, 0.2) is 6.29 Å². The Morgan fingerprint density at radius 1 is 0.642 bits per heavy atom. The van der Waals surface area contributed by atoms with Crippen molar-refractivity contribution in [3.05, 3.63) is 12.2 Å². The Kier molecular flexibility index (Phi) is 32.2. The zero-order valence-electron chi connectivity index (χ0n) is 33.9. The molecule has 8 unspecified atom stereocenters. The van der Waals surface area contributed by atoms with Crippen molar-refractivity contribution in [2.75, 3.05) is 13.2 Å². The largest absolute Gasteiger partial charge is 0.394 e. The number of nitrogens with one attached hydrogen (secondary N) is 1. The lowest BCUT2D eigenvalue weighted by molar-refractivity contribution is -0.302. The van der Waals surface area contributed by atoms with Crippen LogP contribution in [0, 0.1) is 0 Å². The topological polar surface area (TPSA) is 169 Å². The molecule has 10 nitrogen and oxygen atoms in total. The molecule has 8 atom stereocenters. The Morgan fingerprint density at radius 2 is 1.08 bits per heavy atom. The zero-order chi connectivity index (χ0) is 38.9. The summed E-state index contributed by atoms with van der Waals surface area (Å²) in [5, 5.41) is 64.5. The van der Waals surface area contributed by atoms with Crippen molar-refractivity contribution in [1.29, 1.82) is 0 Å². The fourth-order valence-electron chi connectivity index (χ4n) is 7.04. The smallest absolute Gasteiger partial charge is 0.249 e. The number of carbonyl (C=O) groups excluding carboxylic acids is 1. The summed E-state index contributed by atoms with van der Waals surface area (Å²) in [6.45, 7) is 3.59. The minimum atomic E-state index is -1.61. The SMILES string of the molecule is CCCCCCCCCCCCCCCC/C=C/C(O)C(COC1OC(CO)C(O)C(O)C1O)NC(=O)C(O)CCCCCCCCCCCCCC. The molecule has 1 heterocycles. The Bertz CT molecular complexity index is 860. The van der Waals surface area contributed by atoms with Crippen molar-refractivity contribution in [3.63, 3.8) is 0 Å². The highest BCUT2D eigenvalue weighted by Gasteiger charge is 2.44. The van der Waals surface area contributed by atoms with Gasteiger partial charge in [-0.1, -0.05) is 187 Å². The van der Waals surface area contributed by atoms with Crippen LogP contribution in [-0.2, 0) is 14.3 Å². The maximum Gasteiger partial charge on any atom is 0.249 e. The molecule has 0 aliphatic carbocycles. The average molecular weight is 758 g/mol. The molecule has 10 heteroatoms. The van der Waals surface area contributed by atoms with Crippen molar-refractivity contribution in [2.24, 2.45) is 0 Å². The number of rotatable bonds is 36. The van der Waals surface area contributed by atoms with Crippen molar-refractivity contribution in [1.82, 2.24) is 5.32 Å². The van der Waals surface area contributed by atoms with Gasteiger partial charge in [0.25, 0.3) is 0 Å². The quantitative estimate of drug-likeness (QED) is 0.0252. The minimum Gasteiger partial charge on any atom is -0.394 e. The molecule has 7 N–H and O–H groups in total. The molecule has 0 aromatic carbocycles. The molecule has 314 valence electrons. The summed E-state index contributed by atoms with van der Waals surface area (Å²) in [4.78, 5) is 13.0. The fourth-order valence-corrected chi connectivity index (χ4v) is 7.04. The van der Waals surface area contributed by atoms with Gasteiger partial charge in [0.2, 0.25) is 5.91 Å². The van der Waals surface area contributed by atoms with Crippen LogP contribution in [0.1, 0.15) is 194 Å². The lowest BCUT2D eigenvalue weighted by Gasteiger charge is -2.40. The van der Waals surface area contributed by atoms with E-state index in [2.05, 4.69) is 19.2 Å². The second kappa shape index (κ2) is 34.2. The number of amides is 1. The number of aliphatic hydroxyl groups excluding tert-OH is 6. The van der Waals surface area contributed by atoms with E-state index in [4.69, 9.17) is 9.47 Å². The first kappa shape index (κ1) is 49.9. The van der Waals surface area contributed by atoms with Gasteiger partial charge in [0, 0.05) is 0 Å². The molecule has 53 heavy (non-hydrogen) atoms. The first-order valence-electron chi connectivity index (χ1n) is 22.0. The van der Waals surface area contributed by atoms with Gasteiger partial charge in [-0.2, -0.15) is 0 Å². The molecule has 0 spiro atoms. The summed E-state index contributed by atoms with van der Waals surface area (Å²) in [6.07, 6.45) is 27.2. The summed E-state index contributed by atoms with van der Waals surface area (Å²) < 4.78 is 11.1. The van der Waals surface area contributed by atoms with Crippen molar-refractivity contribution < 1.29 is 44.9 Å². The lowest BCUT2D eigenvalue weighted by Crippen LogP contribution is -2.60. The number of ether oxygens (including phenoxy) is 2. The first-order chi connectivity index (χ1) is 25.8. The van der Waals surface area contributed by atoms with Crippen LogP contribution in [0.25, 0.3) is 0 Å². The van der Waals surface area contributed by atoms with Crippen LogP contribution in [0.4, 0.5) is 0 Å². The van der Waals surface area contributed by atoms with Gasteiger partial charge in [-0.25, -0.2) is 0 Å². The van der Waals surface area contributed by atoms with E-state index in [1.807, 2.05) is 6.08 Å². The lowest BCUT2D eigenvalue weighted by atomic mass is 9.99. The number of hydrogen-bond acceptors (Lipinski definition) is 9. The highest BCUT2D eigenvalue weighted by atomic mass is 16.7. The van der Waals surface area contributed by atoms with E-state index in [1.165, 1.54) is 128 Å². The maximum absolute atomic E-state index is 13.0. The van der Waals surface area contributed by atoms with Crippen LogP contribution in [-0.4, -0.2) is 98.7 Å². The predicted molar refractivity (Wildman–Crippen MR) is 213 cm³/mol. The highest BCUT2D eigenvalue weighted by Crippen LogP contribution is 2.23. The Labute approximate surface area is 323 Å². The third kappa shape index (κ3) is 24.9. The molecule has 0 radical (unpaired) electrons. The van der Waals surface area contributed by atoms with Gasteiger partial charge >= 0.3 is 0 Å². The van der Waals surface area contributed by atoms with E-state index in [9.17, 15) is 35.4 Å². The van der Waals surface area contributed by atoms with E-state index in [1.54, 1.807) is 6.08 Å². The number of allylic oxidation sites excluding steroid dienone is 1. The summed E-state index contributed by atoms with van der Waals surface area (Å²) in [7, 11) is 0. The molecule has 0 bridgehead atoms. The van der Waals surface area contributed by atoms with Gasteiger partial charge in [-0.05, 0) is 19.3 Å². The second-order valence-corrected chi connectivity index (χ2v) is 15.6. The molecule has 1 fully saturated rings. The Morgan fingerprint density at radius 3 is 1.53 bits per heavy atom. The number of aliphatic hydroxyl groups is 6. The van der Waals surface area contributed by atoms with Crippen LogP contribution in [0.5, 0.6) is 0 Å². The molecule has 0 aromatic heterocycles. The van der Waals surface area contributed by atoms with Gasteiger partial charge in [0.05, 0.1) is 25.4 Å². The third-order valence-corrected chi connectivity index (χ3v) is 10.7. The van der Waals surface area contributed by atoms with E-state index >= 15 is 0 Å². The minimum absolute atomic E-state index is 0.301. The van der Waals surface area contributed by atoms with Crippen LogP contribution in [0.3, 0.4) is 0 Å². The highest BCUT2D eigenvalue weighted by molar-refractivity contribution is 5.80. The van der Waals surface area contributed by atoms with Crippen molar-refractivity contribution >= 4 is 5.91 Å². The van der Waals surface area contributed by atoms with E-state index in [0.29, 0.717) is 6.42 Å². The van der Waals surface area contributed by atoms with Crippen LogP contribution < -0.4 is 5.32 Å². The van der Waals surface area contributed by atoms with E-state index < -0.39 is 61.5 Å². The predicted octanol–water partition coefficient (Wildman–Crippen LogP) is 7.53. The molecular weight excluding hydrogens is 674 g/mol. The van der Waals surface area contributed by atoms with E-state index in [-0.39, 0.29) is 6.61 Å². The summed E-state index contributed by atoms with van der Waals surface area (Å²) >= 11 is 0. The molecule has 0 saturated carbocycles. The van der Waals surface area contributed by atoms with Gasteiger partial charge in [-0.3, -0.25) is 4.79 Å². The van der Waals surface area contributed by atoms with Crippen molar-refractivity contribution in [3.8, 4) is 0 Å². The maximum atomic E-state index is 13.0. The number of hydrogen-bond donors (Lipinski definition) is 7. The molecule has 1 aliphatic heterocycles. The average Bonchev–Trinajstić information content (AvgIpc) is 3.16. The Balaban J connectivity index is 2.45. The molecule has 1 rings (SSSR count). The summed E-state index contributed by atoms with van der Waals surface area (Å²) in [5.41, 5.74) is 0. The van der Waals surface area contributed by atoms with Crippen molar-refractivity contribution in [2.45, 2.75) is 243 Å². The summed E-state index contributed by atoms with van der Waals surface area (Å²) in [6, 6.07) is -0.973. The molecule has 1 saturated heterocycles. The van der Waals surface area contributed by atoms with E-state index in [0.717, 1.165) is 44.9 Å². The van der Waals surface area contributed by atoms with Crippen LogP contribution in [0.2, 0.25) is 0 Å². The molecule has 0 aromatic rings. The van der Waals surface area contributed by atoms with Gasteiger partial charge < -0.3 is 45.4 Å². The normalized spacial score (nSPS) is 22.3. The summed E-state index contributed by atoms with van der Waals surface area (Å²) in [5.74, 6) is -0.616. The Hall–Kier alpha value is -1.11. The standard InChI is InChI=1S/C43H83NO9/c1-3-5-7-9-11-13-15-17-18-19-20-22-23-25-27-29-31-36(46)35(34-52-43-41(50)40(49)39(48)38(33-45)53-43)44-42(51)37(47)32-30-28-26-24-21-16-14-12-10-8-6-4-2/h29,31,35-41,43,45-50H,3-28,30,32-34H2,1-2H3,(H,44,51)/b31-29+. The van der Waals surface area contributed by atoms with Crippen LogP contribution >= 0.6 is 0 Å². The van der Waals surface area contributed by atoms with Gasteiger partial charge in [-0.15, -0.1) is 0 Å². The number of carbonyl (C=O) groups is 1. The monoisotopic (exact) mass is 758 g/mol. The third-order valence-electron chi connectivity index (χ3n) is 10.7. The van der Waals surface area contributed by atoms with Crippen LogP contribution in [0.15, 0.2) is 12.2 Å². The first-order valence-corrected chi connectivity index (χ1v) is 22.0.